The summed E-state index contributed by atoms with van der Waals surface area (Å²) in [6.45, 7) is 5.00. The molecule has 0 aliphatic heterocycles. The summed E-state index contributed by atoms with van der Waals surface area (Å²) < 4.78 is 27.1. The largest absolute Gasteiger partial charge is 0.477 e. The predicted octanol–water partition coefficient (Wildman–Crippen LogP) is 2.22. The first kappa shape index (κ1) is 18.6. The van der Waals surface area contributed by atoms with Crippen LogP contribution in [0.2, 0.25) is 0 Å². The number of carboxylic acids is 1. The number of carbonyl (C=O) groups is 1. The number of carboxylic acid groups (broad SMARTS) is 1. The third-order valence-corrected chi connectivity index (χ3v) is 6.96. The van der Waals surface area contributed by atoms with E-state index in [0.717, 1.165) is 23.8 Å². The van der Waals surface area contributed by atoms with Crippen LogP contribution in [-0.2, 0) is 10.0 Å². The van der Waals surface area contributed by atoms with E-state index >= 15 is 0 Å². The third kappa shape index (κ3) is 5.03. The molecule has 0 spiro atoms. The number of rotatable bonds is 8. The van der Waals surface area contributed by atoms with Gasteiger partial charge in [0.15, 0.2) is 0 Å². The van der Waals surface area contributed by atoms with Crippen LogP contribution in [0.15, 0.2) is 14.7 Å². The highest BCUT2D eigenvalue weighted by Crippen LogP contribution is 2.31. The van der Waals surface area contributed by atoms with Crippen LogP contribution in [0.4, 0.5) is 0 Å². The molecule has 0 bridgehead atoms. The van der Waals surface area contributed by atoms with E-state index in [1.807, 2.05) is 7.05 Å². The Labute approximate surface area is 137 Å². The van der Waals surface area contributed by atoms with Gasteiger partial charge in [-0.15, -0.1) is 11.3 Å². The summed E-state index contributed by atoms with van der Waals surface area (Å²) in [4.78, 5) is 12.9. The van der Waals surface area contributed by atoms with Crippen molar-refractivity contribution >= 4 is 43.3 Å². The number of hydrogen-bond donors (Lipinski definition) is 2. The molecule has 2 N–H and O–H groups in total. The van der Waals surface area contributed by atoms with Crippen LogP contribution in [0.5, 0.6) is 0 Å². The van der Waals surface area contributed by atoms with E-state index in [1.165, 1.54) is 0 Å². The zero-order valence-corrected chi connectivity index (χ0v) is 15.3. The molecule has 1 aromatic rings. The summed E-state index contributed by atoms with van der Waals surface area (Å²) in [6, 6.07) is 1.54. The van der Waals surface area contributed by atoms with Crippen LogP contribution < -0.4 is 4.72 Å². The second-order valence-electron chi connectivity index (χ2n) is 4.69. The Bertz CT molecular complexity index is 600. The third-order valence-electron chi connectivity index (χ3n) is 3.26. The Morgan fingerprint density at radius 1 is 1.57 bits per heavy atom. The van der Waals surface area contributed by atoms with Gasteiger partial charge in [0.25, 0.3) is 0 Å². The van der Waals surface area contributed by atoms with Crippen molar-refractivity contribution in [1.82, 2.24) is 9.62 Å². The Balaban J connectivity index is 2.72. The van der Waals surface area contributed by atoms with Crippen LogP contribution in [0.3, 0.4) is 0 Å². The quantitative estimate of drug-likeness (QED) is 0.700. The van der Waals surface area contributed by atoms with Crippen LogP contribution in [-0.4, -0.2) is 50.6 Å². The lowest BCUT2D eigenvalue weighted by atomic mass is 10.2. The summed E-state index contributed by atoms with van der Waals surface area (Å²) in [5.41, 5.74) is 0. The van der Waals surface area contributed by atoms with E-state index in [9.17, 15) is 13.2 Å². The zero-order valence-electron chi connectivity index (χ0n) is 12.1. The molecule has 0 saturated heterocycles. The summed E-state index contributed by atoms with van der Waals surface area (Å²) in [5.74, 6) is -1.14. The molecule has 0 fully saturated rings. The molecular formula is C12H19BrN2O4S2. The molecule has 1 aromatic heterocycles. The Morgan fingerprint density at radius 3 is 2.67 bits per heavy atom. The fourth-order valence-corrected chi connectivity index (χ4v) is 5.03. The topological polar surface area (TPSA) is 86.7 Å². The van der Waals surface area contributed by atoms with Crippen LogP contribution in [0.25, 0.3) is 0 Å². The van der Waals surface area contributed by atoms with Gasteiger partial charge < -0.3 is 10.0 Å². The number of halogens is 1. The summed E-state index contributed by atoms with van der Waals surface area (Å²) >= 11 is 3.99. The lowest BCUT2D eigenvalue weighted by Crippen LogP contribution is -2.37. The van der Waals surface area contributed by atoms with Gasteiger partial charge in [-0.05, 0) is 42.4 Å². The molecule has 0 radical (unpaired) electrons. The first-order chi connectivity index (χ1) is 9.69. The average Bonchev–Trinajstić information content (AvgIpc) is 2.80. The average molecular weight is 399 g/mol. The van der Waals surface area contributed by atoms with Gasteiger partial charge in [0.05, 0.1) is 3.79 Å². The first-order valence-electron chi connectivity index (χ1n) is 6.41. The van der Waals surface area contributed by atoms with Crippen LogP contribution >= 0.6 is 27.3 Å². The van der Waals surface area contributed by atoms with Gasteiger partial charge in [0, 0.05) is 19.1 Å². The molecule has 0 aliphatic carbocycles. The maximum atomic E-state index is 12.2. The fraction of sp³-hybridized carbons (Fsp3) is 0.583. The minimum Gasteiger partial charge on any atom is -0.477 e. The summed E-state index contributed by atoms with van der Waals surface area (Å²) in [5, 5.41) is 8.89. The number of sulfonamides is 1. The predicted molar refractivity (Wildman–Crippen MR) is 86.5 cm³/mol. The number of hydrogen-bond acceptors (Lipinski definition) is 5. The number of thiophene rings is 1. The van der Waals surface area contributed by atoms with Crippen molar-refractivity contribution in [2.75, 3.05) is 20.1 Å². The minimum absolute atomic E-state index is 0.0148. The Kier molecular flexibility index (Phi) is 6.79. The number of aromatic carboxylic acids is 1. The van der Waals surface area contributed by atoms with Gasteiger partial charge in [-0.2, -0.15) is 0 Å². The molecule has 0 aliphatic rings. The zero-order chi connectivity index (χ0) is 16.2. The van der Waals surface area contributed by atoms with Gasteiger partial charge in [-0.25, -0.2) is 17.9 Å². The van der Waals surface area contributed by atoms with E-state index in [0.29, 0.717) is 16.4 Å². The molecule has 6 nitrogen and oxygen atoms in total. The minimum atomic E-state index is -3.71. The van der Waals surface area contributed by atoms with Crippen LogP contribution in [0, 0.1) is 0 Å². The highest BCUT2D eigenvalue weighted by molar-refractivity contribution is 9.11. The van der Waals surface area contributed by atoms with E-state index in [1.54, 1.807) is 0 Å². The molecule has 9 heteroatoms. The second-order valence-corrected chi connectivity index (χ2v) is 8.79. The van der Waals surface area contributed by atoms with Crippen LogP contribution in [0.1, 0.15) is 29.9 Å². The molecular weight excluding hydrogens is 380 g/mol. The number of likely N-dealkylation sites (N-methyl/N-ethyl adjacent to an activating group) is 1. The Hall–Kier alpha value is -0.480. The second kappa shape index (κ2) is 7.68. The van der Waals surface area contributed by atoms with Crippen molar-refractivity contribution < 1.29 is 18.3 Å². The number of nitrogens with zero attached hydrogens (tertiary/aromatic N) is 1. The smallest absolute Gasteiger partial charge is 0.345 e. The van der Waals surface area contributed by atoms with Crippen molar-refractivity contribution in [3.63, 3.8) is 0 Å². The Morgan fingerprint density at radius 2 is 2.19 bits per heavy atom. The molecule has 21 heavy (non-hydrogen) atoms. The molecule has 120 valence electrons. The van der Waals surface area contributed by atoms with Crippen molar-refractivity contribution in [3.05, 3.63) is 14.7 Å². The summed E-state index contributed by atoms with van der Waals surface area (Å²) in [6.07, 6.45) is 0.987. The van der Waals surface area contributed by atoms with Gasteiger partial charge >= 0.3 is 5.97 Å². The highest BCUT2D eigenvalue weighted by atomic mass is 79.9. The SMILES string of the molecule is CCC(C)N(C)CCNS(=O)(=O)c1cc(C(=O)O)sc1Br. The molecule has 1 heterocycles. The normalized spacial score (nSPS) is 13.6. The van der Waals surface area contributed by atoms with Gasteiger partial charge in [-0.3, -0.25) is 0 Å². The van der Waals surface area contributed by atoms with E-state index in [-0.39, 0.29) is 16.3 Å². The molecule has 1 rings (SSSR count). The lowest BCUT2D eigenvalue weighted by Gasteiger charge is -2.23. The maximum Gasteiger partial charge on any atom is 0.345 e. The van der Waals surface area contributed by atoms with Gasteiger partial charge in [-0.1, -0.05) is 6.92 Å². The molecule has 0 aromatic carbocycles. The lowest BCUT2D eigenvalue weighted by molar-refractivity contribution is 0.0702. The highest BCUT2D eigenvalue weighted by Gasteiger charge is 2.23. The van der Waals surface area contributed by atoms with E-state index in [4.69, 9.17) is 5.11 Å². The monoisotopic (exact) mass is 398 g/mol. The van der Waals surface area contributed by atoms with E-state index < -0.39 is 16.0 Å². The fourth-order valence-electron chi connectivity index (χ4n) is 1.61. The molecule has 0 amide bonds. The molecule has 1 unspecified atom stereocenters. The standard InChI is InChI=1S/C12H19BrN2O4S2/c1-4-8(2)15(3)6-5-14-21(18,19)10-7-9(12(16)17)20-11(10)13/h7-8,14H,4-6H2,1-3H3,(H,16,17). The number of nitrogens with one attached hydrogen (secondary N) is 1. The van der Waals surface area contributed by atoms with E-state index in [2.05, 4.69) is 39.4 Å². The van der Waals surface area contributed by atoms with Crippen molar-refractivity contribution in [3.8, 4) is 0 Å². The molecule has 1 atom stereocenters. The first-order valence-corrected chi connectivity index (χ1v) is 9.50. The van der Waals surface area contributed by atoms with Gasteiger partial charge in [0.2, 0.25) is 10.0 Å². The van der Waals surface area contributed by atoms with Gasteiger partial charge in [0.1, 0.15) is 9.77 Å². The molecule has 0 saturated carbocycles. The van der Waals surface area contributed by atoms with Crippen molar-refractivity contribution in [2.45, 2.75) is 31.2 Å². The maximum absolute atomic E-state index is 12.2. The summed E-state index contributed by atoms with van der Waals surface area (Å²) in [7, 11) is -1.77. The van der Waals surface area contributed by atoms with Crippen molar-refractivity contribution in [2.24, 2.45) is 0 Å². The van der Waals surface area contributed by atoms with Crippen molar-refractivity contribution in [1.29, 1.82) is 0 Å².